The van der Waals surface area contributed by atoms with Gasteiger partial charge in [-0.3, -0.25) is 0 Å². The van der Waals surface area contributed by atoms with E-state index in [1.54, 1.807) is 0 Å². The number of ether oxygens (including phenoxy) is 2. The largest absolute Gasteiger partial charge is 0.508 e. The SMILES string of the molecule is O=C1OCC(Cl)C(c2ccccc2)O1. The molecule has 3 nitrogen and oxygen atoms in total. The highest BCUT2D eigenvalue weighted by Gasteiger charge is 2.31. The van der Waals surface area contributed by atoms with E-state index in [1.807, 2.05) is 30.3 Å². The van der Waals surface area contributed by atoms with E-state index in [0.717, 1.165) is 5.56 Å². The Balaban J connectivity index is 2.20. The van der Waals surface area contributed by atoms with Crippen molar-refractivity contribution in [2.75, 3.05) is 6.61 Å². The summed E-state index contributed by atoms with van der Waals surface area (Å²) in [5, 5.41) is -0.324. The van der Waals surface area contributed by atoms with E-state index in [9.17, 15) is 4.79 Å². The Morgan fingerprint density at radius 1 is 1.29 bits per heavy atom. The second-order valence-electron chi connectivity index (χ2n) is 3.03. The van der Waals surface area contributed by atoms with Crippen LogP contribution in [0.3, 0.4) is 0 Å². The lowest BCUT2D eigenvalue weighted by Gasteiger charge is -2.26. The number of rotatable bonds is 1. The third-order valence-electron chi connectivity index (χ3n) is 2.04. The van der Waals surface area contributed by atoms with Gasteiger partial charge in [0.1, 0.15) is 12.0 Å². The van der Waals surface area contributed by atoms with Crippen LogP contribution in [-0.2, 0) is 9.47 Å². The van der Waals surface area contributed by atoms with E-state index < -0.39 is 12.3 Å². The van der Waals surface area contributed by atoms with Gasteiger partial charge in [0.25, 0.3) is 0 Å². The molecule has 1 saturated heterocycles. The molecular formula is C10H9ClO3. The van der Waals surface area contributed by atoms with Crippen molar-refractivity contribution in [1.29, 1.82) is 0 Å². The quantitative estimate of drug-likeness (QED) is 0.530. The number of alkyl halides is 1. The number of hydrogen-bond donors (Lipinski definition) is 0. The molecule has 14 heavy (non-hydrogen) atoms. The van der Waals surface area contributed by atoms with Crippen molar-refractivity contribution in [3.63, 3.8) is 0 Å². The number of carbonyl (C=O) groups is 1. The summed E-state index contributed by atoms with van der Waals surface area (Å²) < 4.78 is 9.64. The van der Waals surface area contributed by atoms with Gasteiger partial charge in [-0.2, -0.15) is 0 Å². The Bertz CT molecular complexity index is 325. The van der Waals surface area contributed by atoms with Crippen molar-refractivity contribution in [3.8, 4) is 0 Å². The van der Waals surface area contributed by atoms with Gasteiger partial charge in [-0.25, -0.2) is 4.79 Å². The lowest BCUT2D eigenvalue weighted by atomic mass is 10.1. The zero-order valence-electron chi connectivity index (χ0n) is 7.35. The van der Waals surface area contributed by atoms with Crippen molar-refractivity contribution < 1.29 is 14.3 Å². The highest BCUT2D eigenvalue weighted by molar-refractivity contribution is 6.21. The highest BCUT2D eigenvalue weighted by atomic mass is 35.5. The van der Waals surface area contributed by atoms with E-state index in [0.29, 0.717) is 0 Å². The van der Waals surface area contributed by atoms with Gasteiger partial charge in [-0.15, -0.1) is 11.6 Å². The van der Waals surface area contributed by atoms with Crippen LogP contribution in [0, 0.1) is 0 Å². The molecular weight excluding hydrogens is 204 g/mol. The van der Waals surface area contributed by atoms with Gasteiger partial charge in [0.15, 0.2) is 6.10 Å². The molecule has 0 spiro atoms. The molecule has 0 amide bonds. The molecule has 2 rings (SSSR count). The fourth-order valence-electron chi connectivity index (χ4n) is 1.37. The van der Waals surface area contributed by atoms with Gasteiger partial charge in [-0.1, -0.05) is 30.3 Å². The number of halogens is 1. The minimum absolute atomic E-state index is 0.194. The maximum atomic E-state index is 10.9. The van der Waals surface area contributed by atoms with E-state index >= 15 is 0 Å². The molecule has 0 saturated carbocycles. The van der Waals surface area contributed by atoms with Crippen LogP contribution in [0.4, 0.5) is 4.79 Å². The zero-order chi connectivity index (χ0) is 9.97. The molecule has 0 N–H and O–H groups in total. The van der Waals surface area contributed by atoms with Crippen LogP contribution in [0.25, 0.3) is 0 Å². The molecule has 0 aromatic heterocycles. The molecule has 2 unspecified atom stereocenters. The van der Waals surface area contributed by atoms with Crippen molar-refractivity contribution >= 4 is 17.8 Å². The first-order chi connectivity index (χ1) is 6.77. The Kier molecular flexibility index (Phi) is 2.59. The molecule has 1 heterocycles. The van der Waals surface area contributed by atoms with Crippen LogP contribution < -0.4 is 0 Å². The maximum Gasteiger partial charge on any atom is 0.508 e. The van der Waals surface area contributed by atoms with Crippen LogP contribution in [0.1, 0.15) is 11.7 Å². The van der Waals surface area contributed by atoms with Crippen LogP contribution in [0.2, 0.25) is 0 Å². The molecule has 1 aromatic carbocycles. The molecule has 74 valence electrons. The van der Waals surface area contributed by atoms with Gasteiger partial charge in [-0.05, 0) is 5.56 Å². The molecule has 1 aromatic rings. The van der Waals surface area contributed by atoms with Crippen LogP contribution in [-0.4, -0.2) is 18.1 Å². The van der Waals surface area contributed by atoms with Gasteiger partial charge in [0, 0.05) is 0 Å². The van der Waals surface area contributed by atoms with Crippen molar-refractivity contribution in [1.82, 2.24) is 0 Å². The molecule has 0 aliphatic carbocycles. The average Bonchev–Trinajstić information content (AvgIpc) is 2.23. The Morgan fingerprint density at radius 3 is 2.71 bits per heavy atom. The minimum atomic E-state index is -0.657. The summed E-state index contributed by atoms with van der Waals surface area (Å²) in [6, 6.07) is 9.40. The van der Waals surface area contributed by atoms with Crippen molar-refractivity contribution in [3.05, 3.63) is 35.9 Å². The van der Waals surface area contributed by atoms with E-state index in [2.05, 4.69) is 4.74 Å². The average molecular weight is 213 g/mol. The molecule has 4 heteroatoms. The second kappa shape index (κ2) is 3.88. The first-order valence-corrected chi connectivity index (χ1v) is 4.73. The molecule has 0 radical (unpaired) electrons. The van der Waals surface area contributed by atoms with Crippen LogP contribution >= 0.6 is 11.6 Å². The standard InChI is InChI=1S/C10H9ClO3/c11-8-6-13-10(12)14-9(8)7-4-2-1-3-5-7/h1-5,8-9H,6H2. The summed E-state index contributed by atoms with van der Waals surface area (Å²) >= 11 is 5.98. The van der Waals surface area contributed by atoms with Crippen molar-refractivity contribution in [2.45, 2.75) is 11.5 Å². The first kappa shape index (κ1) is 9.34. The Labute approximate surface area is 86.6 Å². The van der Waals surface area contributed by atoms with Gasteiger partial charge >= 0.3 is 6.16 Å². The van der Waals surface area contributed by atoms with E-state index in [4.69, 9.17) is 16.3 Å². The Hall–Kier alpha value is -1.22. The lowest BCUT2D eigenvalue weighted by molar-refractivity contribution is -0.0206. The fourth-order valence-corrected chi connectivity index (χ4v) is 1.63. The lowest BCUT2D eigenvalue weighted by Crippen LogP contribution is -2.31. The predicted molar refractivity (Wildman–Crippen MR) is 51.3 cm³/mol. The number of benzene rings is 1. The summed E-state index contributed by atoms with van der Waals surface area (Å²) in [4.78, 5) is 10.9. The van der Waals surface area contributed by atoms with Gasteiger partial charge in [0.2, 0.25) is 0 Å². The molecule has 2 atom stereocenters. The topological polar surface area (TPSA) is 35.5 Å². The predicted octanol–water partition coefficient (Wildman–Crippen LogP) is 2.50. The minimum Gasteiger partial charge on any atom is -0.433 e. The first-order valence-electron chi connectivity index (χ1n) is 4.30. The maximum absolute atomic E-state index is 10.9. The van der Waals surface area contributed by atoms with Gasteiger partial charge < -0.3 is 9.47 Å². The molecule has 1 aliphatic heterocycles. The Morgan fingerprint density at radius 2 is 2.00 bits per heavy atom. The zero-order valence-corrected chi connectivity index (χ0v) is 8.11. The summed E-state index contributed by atoms with van der Waals surface area (Å²) in [6.45, 7) is 0.194. The van der Waals surface area contributed by atoms with Gasteiger partial charge in [0.05, 0.1) is 0 Å². The summed E-state index contributed by atoms with van der Waals surface area (Å²) in [5.41, 5.74) is 0.893. The van der Waals surface area contributed by atoms with Crippen molar-refractivity contribution in [2.24, 2.45) is 0 Å². The molecule has 1 aliphatic rings. The second-order valence-corrected chi connectivity index (χ2v) is 3.59. The summed E-state index contributed by atoms with van der Waals surface area (Å²) in [5.74, 6) is 0. The smallest absolute Gasteiger partial charge is 0.433 e. The van der Waals surface area contributed by atoms with Crippen LogP contribution in [0.15, 0.2) is 30.3 Å². The highest BCUT2D eigenvalue weighted by Crippen LogP contribution is 2.29. The monoisotopic (exact) mass is 212 g/mol. The number of carbonyl (C=O) groups excluding carboxylic acids is 1. The van der Waals surface area contributed by atoms with E-state index in [-0.39, 0.29) is 12.0 Å². The third-order valence-corrected chi connectivity index (χ3v) is 2.40. The van der Waals surface area contributed by atoms with Crippen LogP contribution in [0.5, 0.6) is 0 Å². The third kappa shape index (κ3) is 1.82. The normalized spacial score (nSPS) is 26.5. The number of cyclic esters (lactones) is 2. The molecule has 0 bridgehead atoms. The summed E-state index contributed by atoms with van der Waals surface area (Å²) in [7, 11) is 0. The fraction of sp³-hybridized carbons (Fsp3) is 0.300. The van der Waals surface area contributed by atoms with E-state index in [1.165, 1.54) is 0 Å². The number of hydrogen-bond acceptors (Lipinski definition) is 3. The molecule has 1 fully saturated rings. The summed E-state index contributed by atoms with van der Waals surface area (Å²) in [6.07, 6.45) is -1.06.